The molecular formula is C17H22BrNO4. The molecule has 1 aromatic rings. The average molecular weight is 384 g/mol. The van der Waals surface area contributed by atoms with Gasteiger partial charge in [-0.3, -0.25) is 9.79 Å². The molecule has 1 rings (SSSR count). The number of hydrogen-bond donors (Lipinski definition) is 0. The molecule has 0 heterocycles. The highest BCUT2D eigenvalue weighted by atomic mass is 79.9. The van der Waals surface area contributed by atoms with Gasteiger partial charge in [0.05, 0.1) is 13.0 Å². The van der Waals surface area contributed by atoms with Crippen LogP contribution in [0.25, 0.3) is 0 Å². The molecule has 0 spiro atoms. The van der Waals surface area contributed by atoms with E-state index in [1.165, 1.54) is 13.3 Å². The fourth-order valence-corrected chi connectivity index (χ4v) is 2.10. The normalized spacial score (nSPS) is 12.7. The van der Waals surface area contributed by atoms with Gasteiger partial charge < -0.3 is 9.47 Å². The van der Waals surface area contributed by atoms with E-state index in [0.29, 0.717) is 11.3 Å². The molecule has 0 amide bonds. The number of nitrogens with zero attached hydrogens (tertiary/aromatic N) is 1. The van der Waals surface area contributed by atoms with Gasteiger partial charge in [0.15, 0.2) is 0 Å². The van der Waals surface area contributed by atoms with Crippen molar-refractivity contribution in [2.75, 3.05) is 7.11 Å². The maximum absolute atomic E-state index is 11.8. The van der Waals surface area contributed by atoms with Crippen LogP contribution in [-0.4, -0.2) is 31.3 Å². The van der Waals surface area contributed by atoms with Crippen molar-refractivity contribution in [1.82, 2.24) is 0 Å². The van der Waals surface area contributed by atoms with E-state index in [1.807, 2.05) is 13.8 Å². The van der Waals surface area contributed by atoms with E-state index in [4.69, 9.17) is 9.47 Å². The van der Waals surface area contributed by atoms with Crippen LogP contribution in [0.15, 0.2) is 27.7 Å². The second-order valence-electron chi connectivity index (χ2n) is 5.75. The summed E-state index contributed by atoms with van der Waals surface area (Å²) in [6, 6.07) is 4.64. The van der Waals surface area contributed by atoms with Gasteiger partial charge in [-0.1, -0.05) is 43.6 Å². The molecule has 0 fully saturated rings. The van der Waals surface area contributed by atoms with Crippen molar-refractivity contribution in [2.45, 2.75) is 33.7 Å². The van der Waals surface area contributed by atoms with Crippen molar-refractivity contribution in [2.24, 2.45) is 16.8 Å². The molecule has 23 heavy (non-hydrogen) atoms. The Bertz CT molecular complexity index is 596. The van der Waals surface area contributed by atoms with Gasteiger partial charge in [-0.2, -0.15) is 0 Å². The van der Waals surface area contributed by atoms with Gasteiger partial charge in [-0.15, -0.1) is 0 Å². The third kappa shape index (κ3) is 5.78. The Labute approximate surface area is 145 Å². The third-order valence-electron chi connectivity index (χ3n) is 3.10. The molecule has 0 bridgehead atoms. The molecule has 0 saturated heterocycles. The highest BCUT2D eigenvalue weighted by Gasteiger charge is 2.21. The number of halogens is 1. The number of carbonyl (C=O) groups excluding carboxylic acids is 2. The van der Waals surface area contributed by atoms with Crippen LogP contribution >= 0.6 is 15.9 Å². The molecule has 0 saturated carbocycles. The highest BCUT2D eigenvalue weighted by Crippen LogP contribution is 2.23. The van der Waals surface area contributed by atoms with Gasteiger partial charge in [0.2, 0.25) is 0 Å². The lowest BCUT2D eigenvalue weighted by atomic mass is 10.1. The Balaban J connectivity index is 3.10. The van der Waals surface area contributed by atoms with E-state index < -0.39 is 12.0 Å². The van der Waals surface area contributed by atoms with Gasteiger partial charge in [0.1, 0.15) is 11.8 Å². The number of esters is 2. The van der Waals surface area contributed by atoms with Crippen LogP contribution in [0.5, 0.6) is 5.75 Å². The molecule has 1 atom stereocenters. The molecule has 0 aliphatic heterocycles. The number of aliphatic imine (C=N–C) groups is 1. The topological polar surface area (TPSA) is 65.0 Å². The van der Waals surface area contributed by atoms with E-state index in [0.717, 1.165) is 4.47 Å². The Morgan fingerprint density at radius 1 is 1.17 bits per heavy atom. The highest BCUT2D eigenvalue weighted by molar-refractivity contribution is 9.10. The Morgan fingerprint density at radius 3 is 2.35 bits per heavy atom. The molecule has 0 N–H and O–H groups in total. The Hall–Kier alpha value is -1.69. The van der Waals surface area contributed by atoms with E-state index in [1.54, 1.807) is 32.0 Å². The van der Waals surface area contributed by atoms with E-state index in [-0.39, 0.29) is 17.8 Å². The lowest BCUT2D eigenvalue weighted by Gasteiger charge is -2.14. The zero-order valence-corrected chi connectivity index (χ0v) is 15.6. The summed E-state index contributed by atoms with van der Waals surface area (Å²) < 4.78 is 11.0. The Morgan fingerprint density at radius 2 is 1.83 bits per heavy atom. The number of ether oxygens (including phenoxy) is 2. The first kappa shape index (κ1) is 19.4. The minimum absolute atomic E-state index is 0.00693. The summed E-state index contributed by atoms with van der Waals surface area (Å²) in [5.74, 6) is -0.556. The van der Waals surface area contributed by atoms with Crippen molar-refractivity contribution >= 4 is 34.1 Å². The summed E-state index contributed by atoms with van der Waals surface area (Å²) in [6.07, 6.45) is 1.54. The first-order valence-corrected chi connectivity index (χ1v) is 8.17. The molecular weight excluding hydrogens is 362 g/mol. The largest absolute Gasteiger partial charge is 0.467 e. The van der Waals surface area contributed by atoms with Crippen molar-refractivity contribution in [3.05, 3.63) is 28.2 Å². The van der Waals surface area contributed by atoms with Gasteiger partial charge in [0, 0.05) is 16.3 Å². The number of methoxy groups -OCH3 is 1. The van der Waals surface area contributed by atoms with Crippen LogP contribution in [0.1, 0.15) is 33.3 Å². The third-order valence-corrected chi connectivity index (χ3v) is 3.60. The molecule has 1 unspecified atom stereocenters. The fraction of sp³-hybridized carbons (Fsp3) is 0.471. The molecule has 0 aliphatic rings. The van der Waals surface area contributed by atoms with E-state index >= 15 is 0 Å². The zero-order chi connectivity index (χ0) is 17.6. The molecule has 5 nitrogen and oxygen atoms in total. The predicted molar refractivity (Wildman–Crippen MR) is 92.9 cm³/mol. The number of rotatable bonds is 6. The van der Waals surface area contributed by atoms with Crippen molar-refractivity contribution in [3.63, 3.8) is 0 Å². The van der Waals surface area contributed by atoms with E-state index in [9.17, 15) is 9.59 Å². The smallest absolute Gasteiger partial charge is 0.330 e. The summed E-state index contributed by atoms with van der Waals surface area (Å²) in [6.45, 7) is 7.31. The average Bonchev–Trinajstić information content (AvgIpc) is 2.48. The Kier molecular flexibility index (Phi) is 7.42. The summed E-state index contributed by atoms with van der Waals surface area (Å²) in [4.78, 5) is 27.9. The van der Waals surface area contributed by atoms with Crippen LogP contribution in [0.4, 0.5) is 0 Å². The monoisotopic (exact) mass is 383 g/mol. The maximum Gasteiger partial charge on any atom is 0.330 e. The minimum atomic E-state index is -0.604. The molecule has 0 aliphatic carbocycles. The van der Waals surface area contributed by atoms with Gasteiger partial charge in [-0.25, -0.2) is 4.79 Å². The number of carbonyl (C=O) groups is 2. The molecule has 0 aromatic heterocycles. The molecule has 126 valence electrons. The van der Waals surface area contributed by atoms with Crippen LogP contribution in [-0.2, 0) is 14.3 Å². The molecule has 1 aromatic carbocycles. The fourth-order valence-electron chi connectivity index (χ4n) is 1.73. The van der Waals surface area contributed by atoms with Crippen LogP contribution in [0.3, 0.4) is 0 Å². The van der Waals surface area contributed by atoms with Crippen LogP contribution in [0.2, 0.25) is 0 Å². The van der Waals surface area contributed by atoms with Gasteiger partial charge in [0.25, 0.3) is 0 Å². The van der Waals surface area contributed by atoms with E-state index in [2.05, 4.69) is 20.9 Å². The van der Waals surface area contributed by atoms with Crippen molar-refractivity contribution in [1.29, 1.82) is 0 Å². The van der Waals surface area contributed by atoms with Gasteiger partial charge in [-0.05, 0) is 24.1 Å². The SMILES string of the molecule is COC(=O)C(N=Cc1cc(Br)ccc1OC(=O)C(C)C)C(C)C. The molecule has 0 radical (unpaired) electrons. The second-order valence-corrected chi connectivity index (χ2v) is 6.66. The van der Waals surface area contributed by atoms with Crippen molar-refractivity contribution < 1.29 is 19.1 Å². The zero-order valence-electron chi connectivity index (χ0n) is 14.0. The van der Waals surface area contributed by atoms with Crippen LogP contribution < -0.4 is 4.74 Å². The van der Waals surface area contributed by atoms with Crippen LogP contribution in [0, 0.1) is 11.8 Å². The summed E-state index contributed by atoms with van der Waals surface area (Å²) >= 11 is 3.38. The summed E-state index contributed by atoms with van der Waals surface area (Å²) in [5, 5.41) is 0. The number of benzene rings is 1. The predicted octanol–water partition coefficient (Wildman–Crippen LogP) is 3.63. The standard InChI is InChI=1S/C17H22BrNO4/c1-10(2)15(17(21)22-5)19-9-12-8-13(18)6-7-14(12)23-16(20)11(3)4/h6-11,15H,1-5H3. The lowest BCUT2D eigenvalue weighted by molar-refractivity contribution is -0.143. The summed E-state index contributed by atoms with van der Waals surface area (Å²) in [7, 11) is 1.34. The molecule has 6 heteroatoms. The minimum Gasteiger partial charge on any atom is -0.467 e. The quantitative estimate of drug-likeness (QED) is 0.427. The van der Waals surface area contributed by atoms with Gasteiger partial charge >= 0.3 is 11.9 Å². The summed E-state index contributed by atoms with van der Waals surface area (Å²) in [5.41, 5.74) is 0.614. The first-order valence-electron chi connectivity index (χ1n) is 7.38. The van der Waals surface area contributed by atoms with Crippen molar-refractivity contribution in [3.8, 4) is 5.75 Å². The maximum atomic E-state index is 11.8. The lowest BCUT2D eigenvalue weighted by Crippen LogP contribution is -2.26. The number of hydrogen-bond acceptors (Lipinski definition) is 5. The first-order chi connectivity index (χ1) is 10.8. The second kappa shape index (κ2) is 8.82.